The molecule has 3 rings (SSSR count). The van der Waals surface area contributed by atoms with E-state index in [1.165, 1.54) is 0 Å². The molecule has 140 valence electrons. The van der Waals surface area contributed by atoms with Crippen molar-refractivity contribution in [2.45, 2.75) is 0 Å². The number of rotatable bonds is 6. The molecule has 4 heteroatoms. The van der Waals surface area contributed by atoms with Crippen LogP contribution < -0.4 is 0 Å². The number of hydrogen-bond acceptors (Lipinski definition) is 2. The molecular formula is C24H22N2O2. The highest BCUT2D eigenvalue weighted by Gasteiger charge is 2.04. The fraction of sp³-hybridized carbons (Fsp3) is 0.125. The molecule has 1 aromatic heterocycles. The predicted octanol–water partition coefficient (Wildman–Crippen LogP) is 3.93. The monoisotopic (exact) mass is 370 g/mol. The summed E-state index contributed by atoms with van der Waals surface area (Å²) in [6.45, 7) is 0.505. The van der Waals surface area contributed by atoms with Crippen molar-refractivity contribution in [1.82, 2.24) is 9.47 Å². The molecule has 0 spiro atoms. The van der Waals surface area contributed by atoms with Gasteiger partial charge in [-0.15, -0.1) is 0 Å². The first-order chi connectivity index (χ1) is 13.6. The van der Waals surface area contributed by atoms with Gasteiger partial charge in [0.15, 0.2) is 0 Å². The lowest BCUT2D eigenvalue weighted by molar-refractivity contribution is -0.137. The van der Waals surface area contributed by atoms with E-state index in [1.807, 2.05) is 89.8 Å². The van der Waals surface area contributed by atoms with Gasteiger partial charge in [-0.05, 0) is 49.0 Å². The van der Waals surface area contributed by atoms with E-state index in [1.54, 1.807) is 11.9 Å². The second kappa shape index (κ2) is 9.40. The highest BCUT2D eigenvalue weighted by molar-refractivity contribution is 5.79. The molecule has 0 unspecified atom stereocenters. The maximum absolute atomic E-state index is 10.9. The SMILES string of the molecule is CN(CC=C(C#Cc1ccc(-n2cccc2)cc1)c1ccccc1)CC(=O)O. The summed E-state index contributed by atoms with van der Waals surface area (Å²) in [7, 11) is 1.78. The quantitative estimate of drug-likeness (QED) is 0.669. The Morgan fingerprint density at radius 2 is 1.71 bits per heavy atom. The lowest BCUT2D eigenvalue weighted by Crippen LogP contribution is -2.25. The lowest BCUT2D eigenvalue weighted by atomic mass is 10.1. The van der Waals surface area contributed by atoms with E-state index < -0.39 is 5.97 Å². The molecule has 0 aliphatic carbocycles. The van der Waals surface area contributed by atoms with E-state index in [0.717, 1.165) is 22.4 Å². The standard InChI is InChI=1S/C24H22N2O2/c1-25(19-24(27)28)18-15-22(21-7-3-2-4-8-21)12-9-20-10-13-23(14-11-20)26-16-5-6-17-26/h2-8,10-11,13-17H,18-19H2,1H3,(H,27,28). The largest absolute Gasteiger partial charge is 0.480 e. The third-order valence-electron chi connectivity index (χ3n) is 4.21. The van der Waals surface area contributed by atoms with E-state index in [0.29, 0.717) is 6.54 Å². The predicted molar refractivity (Wildman–Crippen MR) is 112 cm³/mol. The van der Waals surface area contributed by atoms with E-state index >= 15 is 0 Å². The molecule has 0 saturated heterocycles. The smallest absolute Gasteiger partial charge is 0.317 e. The average Bonchev–Trinajstić information content (AvgIpc) is 3.23. The number of benzene rings is 2. The van der Waals surface area contributed by atoms with Crippen molar-refractivity contribution in [3.05, 3.63) is 96.3 Å². The molecule has 1 N–H and O–H groups in total. The van der Waals surface area contributed by atoms with Crippen molar-refractivity contribution in [3.63, 3.8) is 0 Å². The third-order valence-corrected chi connectivity index (χ3v) is 4.21. The first-order valence-corrected chi connectivity index (χ1v) is 9.03. The Bertz CT molecular complexity index is 992. The van der Waals surface area contributed by atoms with Crippen LogP contribution in [0.15, 0.2) is 85.2 Å². The molecule has 0 atom stereocenters. The van der Waals surface area contributed by atoms with Crippen LogP contribution in [0, 0.1) is 11.8 Å². The van der Waals surface area contributed by atoms with Gasteiger partial charge in [-0.1, -0.05) is 48.2 Å². The zero-order valence-corrected chi connectivity index (χ0v) is 15.7. The topological polar surface area (TPSA) is 45.5 Å². The second-order valence-electron chi connectivity index (χ2n) is 6.46. The molecule has 2 aromatic carbocycles. The van der Waals surface area contributed by atoms with Gasteiger partial charge < -0.3 is 9.67 Å². The second-order valence-corrected chi connectivity index (χ2v) is 6.46. The molecule has 0 saturated carbocycles. The molecule has 0 amide bonds. The van der Waals surface area contributed by atoms with Gasteiger partial charge in [0.05, 0.1) is 6.54 Å². The summed E-state index contributed by atoms with van der Waals surface area (Å²) >= 11 is 0. The minimum Gasteiger partial charge on any atom is -0.480 e. The fourth-order valence-corrected chi connectivity index (χ4v) is 2.76. The zero-order valence-electron chi connectivity index (χ0n) is 15.7. The summed E-state index contributed by atoms with van der Waals surface area (Å²) in [5, 5.41) is 8.92. The van der Waals surface area contributed by atoms with E-state index in [9.17, 15) is 4.79 Å². The summed E-state index contributed by atoms with van der Waals surface area (Å²) < 4.78 is 2.05. The minimum absolute atomic E-state index is 0.00709. The molecule has 0 aliphatic rings. The summed E-state index contributed by atoms with van der Waals surface area (Å²) in [4.78, 5) is 12.6. The summed E-state index contributed by atoms with van der Waals surface area (Å²) in [6.07, 6.45) is 5.98. The fourth-order valence-electron chi connectivity index (χ4n) is 2.76. The number of likely N-dealkylation sites (N-methyl/N-ethyl adjacent to an activating group) is 1. The molecule has 1 heterocycles. The maximum atomic E-state index is 10.9. The Kier molecular flexibility index (Phi) is 6.46. The molecule has 0 aliphatic heterocycles. The number of nitrogens with zero attached hydrogens (tertiary/aromatic N) is 2. The molecular weight excluding hydrogens is 348 g/mol. The van der Waals surface area contributed by atoms with Crippen molar-refractivity contribution in [2.75, 3.05) is 20.1 Å². The van der Waals surface area contributed by atoms with Crippen LogP contribution in [0.25, 0.3) is 11.3 Å². The van der Waals surface area contributed by atoms with Gasteiger partial charge in [-0.3, -0.25) is 9.69 Å². The van der Waals surface area contributed by atoms with Gasteiger partial charge in [0, 0.05) is 35.8 Å². The van der Waals surface area contributed by atoms with Gasteiger partial charge in [0.25, 0.3) is 0 Å². The first kappa shape index (κ1) is 19.2. The van der Waals surface area contributed by atoms with Crippen molar-refractivity contribution in [2.24, 2.45) is 0 Å². The van der Waals surface area contributed by atoms with E-state index in [2.05, 4.69) is 11.8 Å². The van der Waals surface area contributed by atoms with E-state index in [4.69, 9.17) is 5.11 Å². The number of hydrogen-bond donors (Lipinski definition) is 1. The third kappa shape index (κ3) is 5.47. The molecule has 28 heavy (non-hydrogen) atoms. The number of carbonyl (C=O) groups is 1. The molecule has 0 bridgehead atoms. The van der Waals surface area contributed by atoms with Crippen LogP contribution in [0.3, 0.4) is 0 Å². The van der Waals surface area contributed by atoms with Crippen LogP contribution in [0.2, 0.25) is 0 Å². The van der Waals surface area contributed by atoms with Gasteiger partial charge in [0.1, 0.15) is 0 Å². The Labute approximate surface area is 165 Å². The molecule has 4 nitrogen and oxygen atoms in total. The van der Waals surface area contributed by atoms with Crippen molar-refractivity contribution >= 4 is 11.5 Å². The zero-order chi connectivity index (χ0) is 19.8. The number of aliphatic carboxylic acids is 1. The summed E-state index contributed by atoms with van der Waals surface area (Å²) in [5.41, 5.74) is 3.91. The maximum Gasteiger partial charge on any atom is 0.317 e. The van der Waals surface area contributed by atoms with Crippen molar-refractivity contribution in [1.29, 1.82) is 0 Å². The Morgan fingerprint density at radius 1 is 1.04 bits per heavy atom. The average molecular weight is 370 g/mol. The normalized spacial score (nSPS) is 11.1. The molecule has 3 aromatic rings. The highest BCUT2D eigenvalue weighted by Crippen LogP contribution is 2.14. The van der Waals surface area contributed by atoms with Crippen LogP contribution in [0.5, 0.6) is 0 Å². The molecule has 0 fully saturated rings. The van der Waals surface area contributed by atoms with Crippen LogP contribution in [0.1, 0.15) is 11.1 Å². The lowest BCUT2D eigenvalue weighted by Gasteiger charge is -2.11. The summed E-state index contributed by atoms with van der Waals surface area (Å²) in [5.74, 6) is 5.62. The minimum atomic E-state index is -0.842. The van der Waals surface area contributed by atoms with Crippen molar-refractivity contribution in [3.8, 4) is 17.5 Å². The Morgan fingerprint density at radius 3 is 2.36 bits per heavy atom. The van der Waals surface area contributed by atoms with Gasteiger partial charge >= 0.3 is 5.97 Å². The highest BCUT2D eigenvalue weighted by atomic mass is 16.4. The van der Waals surface area contributed by atoms with Gasteiger partial charge in [0.2, 0.25) is 0 Å². The van der Waals surface area contributed by atoms with E-state index in [-0.39, 0.29) is 6.54 Å². The van der Waals surface area contributed by atoms with Gasteiger partial charge in [-0.25, -0.2) is 0 Å². The van der Waals surface area contributed by atoms with Crippen LogP contribution in [0.4, 0.5) is 0 Å². The Hall–Kier alpha value is -3.55. The van der Waals surface area contributed by atoms with Crippen LogP contribution in [-0.4, -0.2) is 40.7 Å². The first-order valence-electron chi connectivity index (χ1n) is 9.03. The van der Waals surface area contributed by atoms with Crippen molar-refractivity contribution < 1.29 is 9.90 Å². The Balaban J connectivity index is 1.81. The number of carboxylic acids is 1. The number of carboxylic acid groups (broad SMARTS) is 1. The van der Waals surface area contributed by atoms with Crippen LogP contribution in [-0.2, 0) is 4.79 Å². The number of aromatic nitrogens is 1. The number of allylic oxidation sites excluding steroid dienone is 1. The summed E-state index contributed by atoms with van der Waals surface area (Å²) in [6, 6.07) is 22.0. The molecule has 0 radical (unpaired) electrons. The van der Waals surface area contributed by atoms with Crippen LogP contribution >= 0.6 is 0 Å². The van der Waals surface area contributed by atoms with Gasteiger partial charge in [-0.2, -0.15) is 0 Å².